The summed E-state index contributed by atoms with van der Waals surface area (Å²) in [5.41, 5.74) is -0.118. The number of carbonyl (C=O) groups is 1. The van der Waals surface area contributed by atoms with E-state index in [9.17, 15) is 18.0 Å². The van der Waals surface area contributed by atoms with Gasteiger partial charge < -0.3 is 20.1 Å². The summed E-state index contributed by atoms with van der Waals surface area (Å²) in [6, 6.07) is 4.98. The highest BCUT2D eigenvalue weighted by atomic mass is 19.4. The van der Waals surface area contributed by atoms with Crippen LogP contribution in [0.25, 0.3) is 5.57 Å². The Hall–Kier alpha value is -1.74. The molecule has 0 bridgehead atoms. The predicted octanol–water partition coefficient (Wildman–Crippen LogP) is 2.02. The SMILES string of the molecule is O=C1C=C(c2ccc(C(F)(F)F)cc2)C(C2(C3CNCCO3)CNCCO2)C1. The second-order valence-corrected chi connectivity index (χ2v) is 7.44. The van der Waals surface area contributed by atoms with Crippen LogP contribution in [0.3, 0.4) is 0 Å². The molecule has 2 aliphatic heterocycles. The van der Waals surface area contributed by atoms with Gasteiger partial charge in [-0.25, -0.2) is 0 Å². The van der Waals surface area contributed by atoms with Crippen LogP contribution in [-0.2, 0) is 20.4 Å². The van der Waals surface area contributed by atoms with E-state index in [0.717, 1.165) is 24.3 Å². The maximum absolute atomic E-state index is 12.9. The third kappa shape index (κ3) is 3.61. The van der Waals surface area contributed by atoms with Gasteiger partial charge in [-0.3, -0.25) is 4.79 Å². The van der Waals surface area contributed by atoms with E-state index in [-0.39, 0.29) is 24.2 Å². The van der Waals surface area contributed by atoms with Gasteiger partial charge in [-0.15, -0.1) is 0 Å². The Morgan fingerprint density at radius 3 is 2.43 bits per heavy atom. The molecule has 2 N–H and O–H groups in total. The van der Waals surface area contributed by atoms with Crippen LogP contribution in [-0.4, -0.2) is 56.9 Å². The van der Waals surface area contributed by atoms with Crippen LogP contribution < -0.4 is 10.6 Å². The summed E-state index contributed by atoms with van der Waals surface area (Å²) in [6.07, 6.45) is -2.83. The minimum absolute atomic E-state index is 0.0442. The van der Waals surface area contributed by atoms with Gasteiger partial charge in [-0.2, -0.15) is 13.2 Å². The minimum atomic E-state index is -4.39. The van der Waals surface area contributed by atoms with Gasteiger partial charge in [0, 0.05) is 38.5 Å². The fraction of sp³-hybridized carbons (Fsp3) is 0.550. The molecule has 0 amide bonds. The number of halogens is 3. The maximum Gasteiger partial charge on any atom is 0.416 e. The number of allylic oxidation sites excluding steroid dienone is 1. The molecule has 0 spiro atoms. The molecule has 2 fully saturated rings. The highest BCUT2D eigenvalue weighted by Gasteiger charge is 2.52. The lowest BCUT2D eigenvalue weighted by atomic mass is 9.75. The van der Waals surface area contributed by atoms with Crippen LogP contribution in [0, 0.1) is 5.92 Å². The van der Waals surface area contributed by atoms with Gasteiger partial charge in [0.15, 0.2) is 5.78 Å². The molecule has 28 heavy (non-hydrogen) atoms. The maximum atomic E-state index is 12.9. The Bertz CT molecular complexity index is 749. The first-order chi connectivity index (χ1) is 13.4. The van der Waals surface area contributed by atoms with Crippen molar-refractivity contribution in [2.45, 2.75) is 24.3 Å². The zero-order chi connectivity index (χ0) is 19.8. The van der Waals surface area contributed by atoms with E-state index in [1.165, 1.54) is 12.1 Å². The van der Waals surface area contributed by atoms with E-state index in [4.69, 9.17) is 9.47 Å². The molecular formula is C20H23F3N2O3. The highest BCUT2D eigenvalue weighted by molar-refractivity contribution is 6.03. The van der Waals surface area contributed by atoms with E-state index < -0.39 is 17.3 Å². The molecule has 2 heterocycles. The van der Waals surface area contributed by atoms with Crippen molar-refractivity contribution in [2.75, 3.05) is 39.4 Å². The molecule has 4 rings (SSSR count). The fourth-order valence-corrected chi connectivity index (χ4v) is 4.40. The van der Waals surface area contributed by atoms with Crippen LogP contribution in [0.5, 0.6) is 0 Å². The second-order valence-electron chi connectivity index (χ2n) is 7.44. The Kier molecular flexibility index (Phi) is 5.30. The lowest BCUT2D eigenvalue weighted by molar-refractivity contribution is -0.182. The van der Waals surface area contributed by atoms with Crippen LogP contribution in [0.2, 0.25) is 0 Å². The van der Waals surface area contributed by atoms with Crippen molar-refractivity contribution in [1.82, 2.24) is 10.6 Å². The molecule has 1 aromatic carbocycles. The number of hydrogen-bond donors (Lipinski definition) is 2. The van der Waals surface area contributed by atoms with E-state index >= 15 is 0 Å². The third-order valence-corrected chi connectivity index (χ3v) is 5.76. The Morgan fingerprint density at radius 1 is 1.07 bits per heavy atom. The molecule has 3 aliphatic rings. The summed E-state index contributed by atoms with van der Waals surface area (Å²) in [5.74, 6) is -0.327. The number of ketones is 1. The quantitative estimate of drug-likeness (QED) is 0.819. The van der Waals surface area contributed by atoms with Crippen molar-refractivity contribution in [3.8, 4) is 0 Å². The van der Waals surface area contributed by atoms with Gasteiger partial charge in [0.1, 0.15) is 11.7 Å². The Balaban J connectivity index is 1.68. The molecule has 152 valence electrons. The molecule has 1 aromatic rings. The van der Waals surface area contributed by atoms with Crippen molar-refractivity contribution >= 4 is 11.4 Å². The molecule has 3 atom stereocenters. The molecule has 5 nitrogen and oxygen atoms in total. The van der Waals surface area contributed by atoms with E-state index in [2.05, 4.69) is 10.6 Å². The van der Waals surface area contributed by atoms with Crippen LogP contribution in [0.4, 0.5) is 13.2 Å². The standard InChI is InChI=1S/C20H23F3N2O3/c21-20(22,23)14-3-1-13(2-4-14)16-9-15(26)10-17(16)19(12-25-6-8-28-19)18-11-24-5-7-27-18/h1-4,9,17-18,24-25H,5-8,10-12H2. The summed E-state index contributed by atoms with van der Waals surface area (Å²) >= 11 is 0. The molecule has 0 saturated carbocycles. The first kappa shape index (κ1) is 19.6. The first-order valence-corrected chi connectivity index (χ1v) is 9.49. The summed E-state index contributed by atoms with van der Waals surface area (Å²) in [7, 11) is 0. The summed E-state index contributed by atoms with van der Waals surface area (Å²) in [6.45, 7) is 3.63. The molecule has 8 heteroatoms. The number of alkyl halides is 3. The number of rotatable bonds is 3. The average molecular weight is 396 g/mol. The van der Waals surface area contributed by atoms with Gasteiger partial charge >= 0.3 is 6.18 Å². The fourth-order valence-electron chi connectivity index (χ4n) is 4.40. The topological polar surface area (TPSA) is 59.6 Å². The predicted molar refractivity (Wildman–Crippen MR) is 96.7 cm³/mol. The first-order valence-electron chi connectivity index (χ1n) is 9.49. The van der Waals surface area contributed by atoms with Crippen molar-refractivity contribution in [3.05, 3.63) is 41.5 Å². The molecular weight excluding hydrogens is 373 g/mol. The summed E-state index contributed by atoms with van der Waals surface area (Å²) in [5, 5.41) is 6.65. The number of benzene rings is 1. The normalized spacial score (nSPS) is 31.7. The smallest absolute Gasteiger partial charge is 0.372 e. The molecule has 0 radical (unpaired) electrons. The van der Waals surface area contributed by atoms with Crippen molar-refractivity contribution in [2.24, 2.45) is 5.92 Å². The van der Waals surface area contributed by atoms with Gasteiger partial charge in [0.25, 0.3) is 0 Å². The average Bonchev–Trinajstić information content (AvgIpc) is 3.11. The number of nitrogens with one attached hydrogen (secondary N) is 2. The molecule has 1 aliphatic carbocycles. The van der Waals surface area contributed by atoms with E-state index in [1.807, 2.05) is 0 Å². The van der Waals surface area contributed by atoms with Crippen LogP contribution in [0.1, 0.15) is 17.5 Å². The van der Waals surface area contributed by atoms with Crippen molar-refractivity contribution in [1.29, 1.82) is 0 Å². The number of hydrogen-bond acceptors (Lipinski definition) is 5. The van der Waals surface area contributed by atoms with Crippen molar-refractivity contribution in [3.63, 3.8) is 0 Å². The van der Waals surface area contributed by atoms with Gasteiger partial charge in [-0.05, 0) is 29.3 Å². The van der Waals surface area contributed by atoms with Gasteiger partial charge in [-0.1, -0.05) is 12.1 Å². The lowest BCUT2D eigenvalue weighted by Crippen LogP contribution is -2.65. The summed E-state index contributed by atoms with van der Waals surface area (Å²) in [4.78, 5) is 12.3. The van der Waals surface area contributed by atoms with Crippen LogP contribution in [0.15, 0.2) is 30.3 Å². The van der Waals surface area contributed by atoms with Crippen molar-refractivity contribution < 1.29 is 27.4 Å². The number of ether oxygens (including phenoxy) is 2. The molecule has 3 unspecified atom stereocenters. The monoisotopic (exact) mass is 396 g/mol. The second kappa shape index (κ2) is 7.59. The van der Waals surface area contributed by atoms with Gasteiger partial charge in [0.05, 0.1) is 18.8 Å². The largest absolute Gasteiger partial charge is 0.416 e. The highest BCUT2D eigenvalue weighted by Crippen LogP contribution is 2.45. The lowest BCUT2D eigenvalue weighted by Gasteiger charge is -2.49. The van der Waals surface area contributed by atoms with Crippen LogP contribution >= 0.6 is 0 Å². The minimum Gasteiger partial charge on any atom is -0.372 e. The molecule has 0 aromatic heterocycles. The number of carbonyl (C=O) groups excluding carboxylic acids is 1. The zero-order valence-electron chi connectivity index (χ0n) is 15.3. The summed E-state index contributed by atoms with van der Waals surface area (Å²) < 4.78 is 51.0. The third-order valence-electron chi connectivity index (χ3n) is 5.76. The Morgan fingerprint density at radius 2 is 1.82 bits per heavy atom. The zero-order valence-corrected chi connectivity index (χ0v) is 15.3. The van der Waals surface area contributed by atoms with Gasteiger partial charge in [0.2, 0.25) is 0 Å². The Labute approximate surface area is 161 Å². The van der Waals surface area contributed by atoms with E-state index in [1.54, 1.807) is 6.08 Å². The number of morpholine rings is 2. The van der Waals surface area contributed by atoms with E-state index in [0.29, 0.717) is 38.4 Å². The molecule has 2 saturated heterocycles.